The van der Waals surface area contributed by atoms with E-state index in [1.807, 2.05) is 27.8 Å². The third-order valence-electron chi connectivity index (χ3n) is 3.86. The van der Waals surface area contributed by atoms with Crippen molar-refractivity contribution in [3.05, 3.63) is 0 Å². The first-order valence-electron chi connectivity index (χ1n) is 6.74. The maximum atomic E-state index is 12.7. The first kappa shape index (κ1) is 14.4. The van der Waals surface area contributed by atoms with Gasteiger partial charge >= 0.3 is 0 Å². The molecule has 1 aliphatic heterocycles. The summed E-state index contributed by atoms with van der Waals surface area (Å²) in [4.78, 5) is 0. The molecule has 2 fully saturated rings. The minimum absolute atomic E-state index is 0.0989. The van der Waals surface area contributed by atoms with E-state index in [1.165, 1.54) is 0 Å². The largest absolute Gasteiger partial charge is 0.347 e. The van der Waals surface area contributed by atoms with E-state index >= 15 is 0 Å². The van der Waals surface area contributed by atoms with Crippen LogP contribution in [-0.4, -0.2) is 46.3 Å². The molecule has 3 atom stereocenters. The summed E-state index contributed by atoms with van der Waals surface area (Å²) in [6.07, 6.45) is 2.60. The highest BCUT2D eigenvalue weighted by Gasteiger charge is 2.48. The lowest BCUT2D eigenvalue weighted by Gasteiger charge is -2.42. The third-order valence-corrected chi connectivity index (χ3v) is 6.11. The van der Waals surface area contributed by atoms with Gasteiger partial charge < -0.3 is 14.8 Å². The van der Waals surface area contributed by atoms with E-state index in [2.05, 4.69) is 5.32 Å². The standard InChI is InChI=1S/C13H25NO3S/c1-12(2,3)18(15)11-9-13(16-7-8-17-13)6-5-10(11)14-4/h10-11,14H,5-9H2,1-4H3. The van der Waals surface area contributed by atoms with Gasteiger partial charge in [0.05, 0.1) is 18.5 Å². The van der Waals surface area contributed by atoms with Crippen molar-refractivity contribution >= 4 is 10.8 Å². The molecule has 0 aromatic carbocycles. The lowest BCUT2D eigenvalue weighted by atomic mass is 9.89. The second-order valence-electron chi connectivity index (χ2n) is 6.19. The monoisotopic (exact) mass is 275 g/mol. The molecule has 2 rings (SSSR count). The van der Waals surface area contributed by atoms with Crippen LogP contribution in [0, 0.1) is 0 Å². The first-order valence-corrected chi connectivity index (χ1v) is 7.95. The van der Waals surface area contributed by atoms with Crippen molar-refractivity contribution in [3.8, 4) is 0 Å². The van der Waals surface area contributed by atoms with Gasteiger partial charge in [0.15, 0.2) is 5.79 Å². The molecule has 0 amide bonds. The smallest absolute Gasteiger partial charge is 0.169 e. The van der Waals surface area contributed by atoms with E-state index in [0.717, 1.165) is 19.3 Å². The van der Waals surface area contributed by atoms with Gasteiger partial charge in [-0.25, -0.2) is 0 Å². The molecule has 1 saturated heterocycles. The molecule has 1 aliphatic carbocycles. The molecule has 106 valence electrons. The van der Waals surface area contributed by atoms with Gasteiger partial charge in [-0.1, -0.05) is 0 Å². The van der Waals surface area contributed by atoms with E-state index in [1.54, 1.807) is 0 Å². The molecule has 0 bridgehead atoms. The maximum absolute atomic E-state index is 12.7. The second kappa shape index (κ2) is 5.19. The van der Waals surface area contributed by atoms with E-state index in [-0.39, 0.29) is 10.00 Å². The molecular formula is C13H25NO3S. The van der Waals surface area contributed by atoms with Gasteiger partial charge in [0.2, 0.25) is 0 Å². The molecule has 18 heavy (non-hydrogen) atoms. The van der Waals surface area contributed by atoms with Crippen LogP contribution in [-0.2, 0) is 20.3 Å². The van der Waals surface area contributed by atoms with Gasteiger partial charge in [-0.05, 0) is 34.2 Å². The summed E-state index contributed by atoms with van der Waals surface area (Å²) in [6.45, 7) is 7.44. The third kappa shape index (κ3) is 2.79. The Morgan fingerprint density at radius 2 is 1.89 bits per heavy atom. The van der Waals surface area contributed by atoms with Crippen LogP contribution in [0.2, 0.25) is 0 Å². The van der Waals surface area contributed by atoms with Crippen LogP contribution >= 0.6 is 0 Å². The van der Waals surface area contributed by atoms with Gasteiger partial charge in [-0.2, -0.15) is 0 Å². The molecule has 1 heterocycles. The van der Waals surface area contributed by atoms with Gasteiger partial charge in [0.1, 0.15) is 0 Å². The highest BCUT2D eigenvalue weighted by atomic mass is 32.2. The topological polar surface area (TPSA) is 47.6 Å². The minimum Gasteiger partial charge on any atom is -0.347 e. The minimum atomic E-state index is -0.898. The Balaban J connectivity index is 2.15. The van der Waals surface area contributed by atoms with Crippen LogP contribution in [0.15, 0.2) is 0 Å². The average Bonchev–Trinajstić information content (AvgIpc) is 2.75. The Morgan fingerprint density at radius 3 is 2.39 bits per heavy atom. The summed E-state index contributed by atoms with van der Waals surface area (Å²) in [7, 11) is 1.05. The highest BCUT2D eigenvalue weighted by Crippen LogP contribution is 2.39. The normalized spacial score (nSPS) is 33.8. The summed E-state index contributed by atoms with van der Waals surface area (Å²) in [5.41, 5.74) is 0. The van der Waals surface area contributed by atoms with Crippen molar-refractivity contribution in [2.45, 2.75) is 61.9 Å². The number of nitrogens with one attached hydrogen (secondary N) is 1. The molecular weight excluding hydrogens is 250 g/mol. The van der Waals surface area contributed by atoms with Gasteiger partial charge in [-0.3, -0.25) is 4.21 Å². The summed E-state index contributed by atoms with van der Waals surface area (Å²) in [5, 5.41) is 3.41. The fourth-order valence-electron chi connectivity index (χ4n) is 2.88. The molecule has 1 spiro atoms. The molecule has 1 saturated carbocycles. The number of ether oxygens (including phenoxy) is 2. The van der Waals surface area contributed by atoms with E-state index in [0.29, 0.717) is 19.3 Å². The molecule has 0 aromatic heterocycles. The molecule has 3 unspecified atom stereocenters. The summed E-state index contributed by atoms with van der Waals surface area (Å²) in [5.74, 6) is -0.459. The molecule has 4 nitrogen and oxygen atoms in total. The Morgan fingerprint density at radius 1 is 1.28 bits per heavy atom. The van der Waals surface area contributed by atoms with Crippen molar-refractivity contribution in [2.75, 3.05) is 20.3 Å². The number of hydrogen-bond acceptors (Lipinski definition) is 4. The van der Waals surface area contributed by atoms with Crippen molar-refractivity contribution in [2.24, 2.45) is 0 Å². The predicted molar refractivity (Wildman–Crippen MR) is 73.0 cm³/mol. The fourth-order valence-corrected chi connectivity index (χ4v) is 4.76. The summed E-state index contributed by atoms with van der Waals surface area (Å²) < 4.78 is 24.1. The zero-order valence-corrected chi connectivity index (χ0v) is 12.6. The van der Waals surface area contributed by atoms with Crippen molar-refractivity contribution in [1.29, 1.82) is 0 Å². The van der Waals surface area contributed by atoms with E-state index in [9.17, 15) is 4.21 Å². The van der Waals surface area contributed by atoms with Gasteiger partial charge in [0.25, 0.3) is 0 Å². The van der Waals surface area contributed by atoms with Crippen LogP contribution in [0.25, 0.3) is 0 Å². The van der Waals surface area contributed by atoms with Crippen molar-refractivity contribution in [3.63, 3.8) is 0 Å². The van der Waals surface area contributed by atoms with Crippen LogP contribution < -0.4 is 5.32 Å². The molecule has 0 radical (unpaired) electrons. The quantitative estimate of drug-likeness (QED) is 0.828. The van der Waals surface area contributed by atoms with Gasteiger partial charge in [-0.15, -0.1) is 0 Å². The Kier molecular flexibility index (Phi) is 4.17. The van der Waals surface area contributed by atoms with Crippen LogP contribution in [0.3, 0.4) is 0 Å². The predicted octanol–water partition coefficient (Wildman–Crippen LogP) is 1.42. The SMILES string of the molecule is CNC1CCC2(CC1S(=O)C(C)(C)C)OCCO2. The average molecular weight is 275 g/mol. The van der Waals surface area contributed by atoms with Crippen LogP contribution in [0.4, 0.5) is 0 Å². The number of rotatable bonds is 2. The molecule has 0 aromatic rings. The highest BCUT2D eigenvalue weighted by molar-refractivity contribution is 7.87. The molecule has 5 heteroatoms. The Hall–Kier alpha value is 0.0300. The lowest BCUT2D eigenvalue weighted by Crippen LogP contribution is -2.54. The molecule has 2 aliphatic rings. The van der Waals surface area contributed by atoms with Crippen molar-refractivity contribution < 1.29 is 13.7 Å². The lowest BCUT2D eigenvalue weighted by molar-refractivity contribution is -0.178. The Bertz CT molecular complexity index is 321. The second-order valence-corrected chi connectivity index (χ2v) is 8.62. The zero-order valence-electron chi connectivity index (χ0n) is 11.8. The van der Waals surface area contributed by atoms with Crippen LogP contribution in [0.5, 0.6) is 0 Å². The first-order chi connectivity index (χ1) is 8.38. The van der Waals surface area contributed by atoms with Gasteiger partial charge in [0, 0.05) is 34.4 Å². The summed E-state index contributed by atoms with van der Waals surface area (Å²) >= 11 is 0. The Labute approximate surface area is 112 Å². The number of hydrogen-bond donors (Lipinski definition) is 1. The van der Waals surface area contributed by atoms with Crippen molar-refractivity contribution in [1.82, 2.24) is 5.32 Å². The molecule has 1 N–H and O–H groups in total. The van der Waals surface area contributed by atoms with Crippen LogP contribution in [0.1, 0.15) is 40.0 Å². The van der Waals surface area contributed by atoms with E-state index < -0.39 is 16.6 Å². The fraction of sp³-hybridized carbons (Fsp3) is 1.00. The van der Waals surface area contributed by atoms with E-state index in [4.69, 9.17) is 9.47 Å². The maximum Gasteiger partial charge on any atom is 0.169 e. The summed E-state index contributed by atoms with van der Waals surface area (Å²) in [6, 6.07) is 0.295. The zero-order chi connectivity index (χ0) is 13.4.